The van der Waals surface area contributed by atoms with E-state index >= 15 is 0 Å². The topological polar surface area (TPSA) is 30.5 Å². The van der Waals surface area contributed by atoms with Crippen LogP contribution in [-0.4, -0.2) is 49.5 Å². The molecule has 0 aliphatic carbocycles. The summed E-state index contributed by atoms with van der Waals surface area (Å²) in [7, 11) is 4.23. The van der Waals surface area contributed by atoms with Crippen molar-refractivity contribution in [1.29, 1.82) is 0 Å². The van der Waals surface area contributed by atoms with Gasteiger partial charge in [0, 0.05) is 20.1 Å². The number of hydrazine groups is 1. The Bertz CT molecular complexity index is 194. The molecule has 1 unspecified atom stereocenters. The molecule has 0 aromatic carbocycles. The van der Waals surface area contributed by atoms with Crippen molar-refractivity contribution in [2.45, 2.75) is 59.2 Å². The molecule has 0 aromatic rings. The van der Waals surface area contributed by atoms with E-state index in [1.165, 1.54) is 12.8 Å². The van der Waals surface area contributed by atoms with Crippen LogP contribution in [0, 0.1) is 0 Å². The van der Waals surface area contributed by atoms with E-state index in [2.05, 4.69) is 62.4 Å². The van der Waals surface area contributed by atoms with Gasteiger partial charge in [-0.05, 0) is 26.4 Å². The first-order valence-corrected chi connectivity index (χ1v) is 7.54. The SMILES string of the molecule is CCCCNC(CCC)(NC)N(C)N(CC)CC. The van der Waals surface area contributed by atoms with E-state index in [1.807, 2.05) is 0 Å². The lowest BCUT2D eigenvalue weighted by Crippen LogP contribution is -2.69. The second-order valence-electron chi connectivity index (χ2n) is 4.80. The maximum atomic E-state index is 3.71. The standard InChI is InChI=1S/C14H34N4/c1-7-11-13-16-14(15-5,12-8-2)17(6)18(9-3)10-4/h15-16H,7-13H2,1-6H3. The summed E-state index contributed by atoms with van der Waals surface area (Å²) in [4.78, 5) is 0. The first-order chi connectivity index (χ1) is 8.61. The summed E-state index contributed by atoms with van der Waals surface area (Å²) in [5.41, 5.74) is 0. The molecule has 18 heavy (non-hydrogen) atoms. The van der Waals surface area contributed by atoms with Crippen molar-refractivity contribution in [3.8, 4) is 0 Å². The Hall–Kier alpha value is -0.160. The third-order valence-electron chi connectivity index (χ3n) is 3.68. The van der Waals surface area contributed by atoms with Gasteiger partial charge >= 0.3 is 0 Å². The highest BCUT2D eigenvalue weighted by molar-refractivity contribution is 4.81. The summed E-state index contributed by atoms with van der Waals surface area (Å²) < 4.78 is 0. The van der Waals surface area contributed by atoms with Gasteiger partial charge in [0.2, 0.25) is 0 Å². The second-order valence-corrected chi connectivity index (χ2v) is 4.80. The van der Waals surface area contributed by atoms with Crippen molar-refractivity contribution >= 4 is 0 Å². The maximum absolute atomic E-state index is 3.71. The lowest BCUT2D eigenvalue weighted by Gasteiger charge is -2.47. The van der Waals surface area contributed by atoms with Crippen LogP contribution in [0.15, 0.2) is 0 Å². The van der Waals surface area contributed by atoms with E-state index in [1.54, 1.807) is 0 Å². The van der Waals surface area contributed by atoms with Crippen molar-refractivity contribution in [3.63, 3.8) is 0 Å². The molecule has 4 nitrogen and oxygen atoms in total. The van der Waals surface area contributed by atoms with E-state index in [-0.39, 0.29) is 5.79 Å². The maximum Gasteiger partial charge on any atom is 0.138 e. The Balaban J connectivity index is 4.79. The monoisotopic (exact) mass is 258 g/mol. The van der Waals surface area contributed by atoms with E-state index < -0.39 is 0 Å². The van der Waals surface area contributed by atoms with Crippen LogP contribution in [0.1, 0.15) is 53.4 Å². The highest BCUT2D eigenvalue weighted by atomic mass is 15.7. The van der Waals surface area contributed by atoms with Crippen molar-refractivity contribution in [2.24, 2.45) is 0 Å². The summed E-state index contributed by atoms with van der Waals surface area (Å²) in [6.45, 7) is 12.0. The van der Waals surface area contributed by atoms with Crippen LogP contribution in [0.2, 0.25) is 0 Å². The predicted molar refractivity (Wildman–Crippen MR) is 80.3 cm³/mol. The Morgan fingerprint density at radius 3 is 2.00 bits per heavy atom. The van der Waals surface area contributed by atoms with Gasteiger partial charge in [-0.3, -0.25) is 10.6 Å². The fourth-order valence-corrected chi connectivity index (χ4v) is 2.46. The molecule has 0 amide bonds. The second kappa shape index (κ2) is 9.73. The molecule has 0 saturated carbocycles. The smallest absolute Gasteiger partial charge is 0.138 e. The van der Waals surface area contributed by atoms with Gasteiger partial charge in [-0.25, -0.2) is 10.0 Å². The van der Waals surface area contributed by atoms with E-state index in [0.717, 1.165) is 32.5 Å². The first kappa shape index (κ1) is 17.8. The molecule has 0 saturated heterocycles. The zero-order valence-electron chi connectivity index (χ0n) is 13.3. The van der Waals surface area contributed by atoms with E-state index in [0.29, 0.717) is 0 Å². The van der Waals surface area contributed by atoms with Gasteiger partial charge < -0.3 is 0 Å². The third kappa shape index (κ3) is 4.84. The van der Waals surface area contributed by atoms with Gasteiger partial charge in [0.15, 0.2) is 0 Å². The molecule has 1 atom stereocenters. The van der Waals surface area contributed by atoms with Crippen LogP contribution >= 0.6 is 0 Å². The minimum atomic E-state index is -0.115. The largest absolute Gasteiger partial charge is 0.289 e. The van der Waals surface area contributed by atoms with Crippen molar-refractivity contribution in [3.05, 3.63) is 0 Å². The predicted octanol–water partition coefficient (Wildman–Crippen LogP) is 2.24. The summed E-state index contributed by atoms with van der Waals surface area (Å²) >= 11 is 0. The third-order valence-corrected chi connectivity index (χ3v) is 3.68. The van der Waals surface area contributed by atoms with Gasteiger partial charge in [0.25, 0.3) is 0 Å². The molecule has 0 fully saturated rings. The minimum absolute atomic E-state index is 0.115. The molecule has 110 valence electrons. The lowest BCUT2D eigenvalue weighted by molar-refractivity contribution is -0.118. The Labute approximate surface area is 114 Å². The number of unbranched alkanes of at least 4 members (excludes halogenated alkanes) is 1. The van der Waals surface area contributed by atoms with Gasteiger partial charge in [0.05, 0.1) is 0 Å². The summed E-state index contributed by atoms with van der Waals surface area (Å²) in [6.07, 6.45) is 4.71. The fourth-order valence-electron chi connectivity index (χ4n) is 2.46. The molecule has 0 aliphatic rings. The van der Waals surface area contributed by atoms with E-state index in [9.17, 15) is 0 Å². The highest BCUT2D eigenvalue weighted by Gasteiger charge is 2.33. The number of nitrogens with one attached hydrogen (secondary N) is 2. The Morgan fingerprint density at radius 2 is 1.61 bits per heavy atom. The molecule has 0 aliphatic heterocycles. The number of hydrogen-bond donors (Lipinski definition) is 2. The van der Waals surface area contributed by atoms with Gasteiger partial charge in [-0.15, -0.1) is 0 Å². The average Bonchev–Trinajstić information content (AvgIpc) is 2.39. The van der Waals surface area contributed by atoms with Crippen LogP contribution in [0.25, 0.3) is 0 Å². The van der Waals surface area contributed by atoms with Gasteiger partial charge in [0.1, 0.15) is 5.79 Å². The van der Waals surface area contributed by atoms with Gasteiger partial charge in [-0.1, -0.05) is 40.5 Å². The summed E-state index contributed by atoms with van der Waals surface area (Å²) in [6, 6.07) is 0. The highest BCUT2D eigenvalue weighted by Crippen LogP contribution is 2.16. The molecule has 2 N–H and O–H groups in total. The molecule has 4 heteroatoms. The molecule has 0 bridgehead atoms. The Kier molecular flexibility index (Phi) is 9.64. The zero-order valence-corrected chi connectivity index (χ0v) is 13.3. The number of rotatable bonds is 11. The molecule has 0 spiro atoms. The molecule has 0 aromatic heterocycles. The van der Waals surface area contributed by atoms with Crippen LogP contribution in [0.3, 0.4) is 0 Å². The number of hydrogen-bond acceptors (Lipinski definition) is 4. The summed E-state index contributed by atoms with van der Waals surface area (Å²) in [5, 5.41) is 11.9. The van der Waals surface area contributed by atoms with Crippen LogP contribution in [0.4, 0.5) is 0 Å². The van der Waals surface area contributed by atoms with Crippen LogP contribution < -0.4 is 10.6 Å². The van der Waals surface area contributed by atoms with Crippen molar-refractivity contribution < 1.29 is 0 Å². The van der Waals surface area contributed by atoms with Crippen molar-refractivity contribution in [2.75, 3.05) is 33.7 Å². The van der Waals surface area contributed by atoms with Crippen molar-refractivity contribution in [1.82, 2.24) is 20.7 Å². The normalized spacial score (nSPS) is 15.3. The van der Waals surface area contributed by atoms with Crippen LogP contribution in [-0.2, 0) is 0 Å². The zero-order chi connectivity index (χ0) is 14.0. The molecule has 0 rings (SSSR count). The minimum Gasteiger partial charge on any atom is -0.289 e. The molecular formula is C14H34N4. The lowest BCUT2D eigenvalue weighted by atomic mass is 10.1. The molecule has 0 heterocycles. The fraction of sp³-hybridized carbons (Fsp3) is 1.00. The average molecular weight is 258 g/mol. The first-order valence-electron chi connectivity index (χ1n) is 7.54. The van der Waals surface area contributed by atoms with Gasteiger partial charge in [-0.2, -0.15) is 0 Å². The quantitative estimate of drug-likeness (QED) is 0.338. The number of nitrogens with zero attached hydrogens (tertiary/aromatic N) is 2. The molecule has 0 radical (unpaired) electrons. The summed E-state index contributed by atoms with van der Waals surface area (Å²) in [5.74, 6) is -0.115. The molecular weight excluding hydrogens is 224 g/mol. The van der Waals surface area contributed by atoms with Crippen LogP contribution in [0.5, 0.6) is 0 Å². The van der Waals surface area contributed by atoms with E-state index in [4.69, 9.17) is 0 Å². The Morgan fingerprint density at radius 1 is 1.00 bits per heavy atom.